The lowest BCUT2D eigenvalue weighted by Gasteiger charge is -2.08. The minimum absolute atomic E-state index is 0.182. The van der Waals surface area contributed by atoms with Crippen LogP contribution in [0, 0.1) is 6.92 Å². The van der Waals surface area contributed by atoms with E-state index in [-0.39, 0.29) is 5.75 Å². The minimum atomic E-state index is -1.49. The van der Waals surface area contributed by atoms with E-state index >= 15 is 0 Å². The van der Waals surface area contributed by atoms with Gasteiger partial charge in [0.05, 0.1) is 5.52 Å². The summed E-state index contributed by atoms with van der Waals surface area (Å²) in [5.41, 5.74) is 1.29. The lowest BCUT2D eigenvalue weighted by molar-refractivity contribution is 0.143. The highest BCUT2D eigenvalue weighted by atomic mass is 16.7. The van der Waals surface area contributed by atoms with Gasteiger partial charge >= 0.3 is 6.16 Å². The van der Waals surface area contributed by atoms with Gasteiger partial charge in [0.1, 0.15) is 0 Å². The maximum atomic E-state index is 11.8. The monoisotopic (exact) mass is 233 g/mol. The number of carbonyl (C=O) groups is 1. The van der Waals surface area contributed by atoms with Crippen LogP contribution in [0.5, 0.6) is 5.75 Å². The molecule has 0 saturated heterocycles. The van der Waals surface area contributed by atoms with E-state index in [0.717, 1.165) is 16.5 Å². The average molecular weight is 233 g/mol. The number of aromatic nitrogens is 1. The first kappa shape index (κ1) is 11.2. The Hall–Kier alpha value is -2.30. The van der Waals surface area contributed by atoms with Crippen LogP contribution >= 0.6 is 0 Å². The number of benzene rings is 1. The number of fused-ring (bicyclic) bond motifs is 1. The van der Waals surface area contributed by atoms with Crippen molar-refractivity contribution in [3.63, 3.8) is 0 Å². The van der Waals surface area contributed by atoms with E-state index < -0.39 is 11.7 Å². The van der Waals surface area contributed by atoms with Crippen LogP contribution in [0.3, 0.4) is 0 Å². The molecule has 88 valence electrons. The molecule has 0 amide bonds. The highest BCUT2D eigenvalue weighted by molar-refractivity contribution is 5.81. The van der Waals surface area contributed by atoms with Gasteiger partial charge in [-0.1, -0.05) is 11.6 Å². The van der Waals surface area contributed by atoms with E-state index in [0.29, 0.717) is 0 Å². The molecular weight excluding hydrogens is 222 g/mol. The van der Waals surface area contributed by atoms with E-state index in [2.05, 4.69) is 4.74 Å². The molecule has 1 N–H and O–H groups in total. The second kappa shape index (κ2) is 3.93. The van der Waals surface area contributed by atoms with Gasteiger partial charge in [-0.25, -0.2) is 4.79 Å². The fraction of sp³-hybridized carbons (Fsp3) is 0.167. The third kappa shape index (κ3) is 1.99. The number of ether oxygens (including phenoxy) is 1. The molecule has 1 aromatic heterocycles. The van der Waals surface area contributed by atoms with Crippen molar-refractivity contribution in [2.45, 2.75) is 6.92 Å². The molecule has 17 heavy (non-hydrogen) atoms. The molecule has 0 saturated carbocycles. The molecule has 0 aliphatic carbocycles. The van der Waals surface area contributed by atoms with Gasteiger partial charge in [-0.05, 0) is 25.1 Å². The number of hydrogen-bond donors (Lipinski definition) is 1. The predicted molar refractivity (Wildman–Crippen MR) is 62.6 cm³/mol. The summed E-state index contributed by atoms with van der Waals surface area (Å²) in [6, 6.07) is 7.01. The number of nitrogens with zero attached hydrogens (tertiary/aromatic N) is 1. The van der Waals surface area contributed by atoms with Gasteiger partial charge in [-0.3, -0.25) is 4.79 Å². The van der Waals surface area contributed by atoms with Crippen molar-refractivity contribution in [2.24, 2.45) is 7.05 Å². The van der Waals surface area contributed by atoms with E-state index in [1.807, 2.05) is 25.1 Å². The molecule has 0 radical (unpaired) electrons. The summed E-state index contributed by atoms with van der Waals surface area (Å²) in [4.78, 5) is 22.2. The van der Waals surface area contributed by atoms with Gasteiger partial charge in [-0.2, -0.15) is 0 Å². The molecule has 0 unspecified atom stereocenters. The summed E-state index contributed by atoms with van der Waals surface area (Å²) in [5.74, 6) is -0.182. The van der Waals surface area contributed by atoms with Gasteiger partial charge in [0.25, 0.3) is 5.56 Å². The fourth-order valence-corrected chi connectivity index (χ4v) is 1.74. The highest BCUT2D eigenvalue weighted by Crippen LogP contribution is 2.18. The lowest BCUT2D eigenvalue weighted by atomic mass is 10.1. The van der Waals surface area contributed by atoms with E-state index in [9.17, 15) is 9.59 Å². The van der Waals surface area contributed by atoms with E-state index in [1.54, 1.807) is 7.05 Å². The van der Waals surface area contributed by atoms with E-state index in [4.69, 9.17) is 5.11 Å². The molecule has 0 aliphatic heterocycles. The first-order valence-electron chi connectivity index (χ1n) is 5.00. The SMILES string of the molecule is Cc1ccc2c(c1)cc(OC(=O)O)c(=O)n2C. The van der Waals surface area contributed by atoms with Crippen molar-refractivity contribution < 1.29 is 14.6 Å². The third-order valence-corrected chi connectivity index (χ3v) is 2.54. The van der Waals surface area contributed by atoms with Crippen LogP contribution in [0.25, 0.3) is 10.9 Å². The van der Waals surface area contributed by atoms with Gasteiger partial charge < -0.3 is 14.4 Å². The number of carboxylic acid groups (broad SMARTS) is 1. The molecular formula is C12H11NO4. The van der Waals surface area contributed by atoms with Crippen molar-refractivity contribution in [2.75, 3.05) is 0 Å². The summed E-state index contributed by atoms with van der Waals surface area (Å²) < 4.78 is 5.83. The average Bonchev–Trinajstić information content (AvgIpc) is 2.24. The van der Waals surface area contributed by atoms with Crippen LogP contribution in [0.1, 0.15) is 5.56 Å². The molecule has 2 aromatic rings. The van der Waals surface area contributed by atoms with Crippen molar-refractivity contribution in [1.82, 2.24) is 4.57 Å². The molecule has 0 fully saturated rings. The smallest absolute Gasteiger partial charge is 0.449 e. The van der Waals surface area contributed by atoms with Crippen molar-refractivity contribution >= 4 is 17.1 Å². The lowest BCUT2D eigenvalue weighted by Crippen LogP contribution is -2.21. The summed E-state index contributed by atoms with van der Waals surface area (Å²) >= 11 is 0. The Morgan fingerprint density at radius 2 is 2.06 bits per heavy atom. The summed E-state index contributed by atoms with van der Waals surface area (Å²) in [5, 5.41) is 9.31. The third-order valence-electron chi connectivity index (χ3n) is 2.54. The quantitative estimate of drug-likeness (QED) is 0.764. The fourth-order valence-electron chi connectivity index (χ4n) is 1.74. The zero-order valence-corrected chi connectivity index (χ0v) is 9.43. The maximum absolute atomic E-state index is 11.8. The Morgan fingerprint density at radius 1 is 1.35 bits per heavy atom. The van der Waals surface area contributed by atoms with Crippen LogP contribution < -0.4 is 10.3 Å². The van der Waals surface area contributed by atoms with Crippen LogP contribution in [0.2, 0.25) is 0 Å². The van der Waals surface area contributed by atoms with Gasteiger partial charge in [0.2, 0.25) is 0 Å². The summed E-state index contributed by atoms with van der Waals surface area (Å²) in [6.45, 7) is 1.92. The Bertz CT molecular complexity index is 657. The van der Waals surface area contributed by atoms with Crippen molar-refractivity contribution in [1.29, 1.82) is 0 Å². The molecule has 1 aromatic carbocycles. The van der Waals surface area contributed by atoms with Crippen LogP contribution in [-0.4, -0.2) is 15.8 Å². The second-order valence-electron chi connectivity index (χ2n) is 3.80. The van der Waals surface area contributed by atoms with Gasteiger partial charge in [0.15, 0.2) is 5.75 Å². The molecule has 0 bridgehead atoms. The molecule has 2 rings (SSSR count). The summed E-state index contributed by atoms with van der Waals surface area (Å²) in [6.07, 6.45) is -1.49. The first-order valence-corrected chi connectivity index (χ1v) is 5.00. The molecule has 1 heterocycles. The van der Waals surface area contributed by atoms with Crippen LogP contribution in [0.4, 0.5) is 4.79 Å². The van der Waals surface area contributed by atoms with Gasteiger partial charge in [-0.15, -0.1) is 0 Å². The minimum Gasteiger partial charge on any atom is -0.449 e. The number of pyridine rings is 1. The molecule has 5 nitrogen and oxygen atoms in total. The summed E-state index contributed by atoms with van der Waals surface area (Å²) in [7, 11) is 1.58. The molecule has 0 aliphatic rings. The van der Waals surface area contributed by atoms with Gasteiger partial charge in [0, 0.05) is 12.4 Å². The zero-order valence-electron chi connectivity index (χ0n) is 9.43. The Balaban J connectivity index is 2.75. The highest BCUT2D eigenvalue weighted by Gasteiger charge is 2.10. The zero-order chi connectivity index (χ0) is 12.6. The Kier molecular flexibility index (Phi) is 2.59. The number of aryl methyl sites for hydroxylation is 2. The standard InChI is InChI=1S/C12H11NO4/c1-7-3-4-9-8(5-7)6-10(17-12(15)16)11(14)13(9)2/h3-6H,1-2H3,(H,15,16). The van der Waals surface area contributed by atoms with Crippen molar-refractivity contribution in [3.8, 4) is 5.75 Å². The largest absolute Gasteiger partial charge is 0.511 e. The van der Waals surface area contributed by atoms with Crippen LogP contribution in [-0.2, 0) is 7.05 Å². The topological polar surface area (TPSA) is 68.5 Å². The molecule has 0 atom stereocenters. The van der Waals surface area contributed by atoms with E-state index in [1.165, 1.54) is 10.6 Å². The Labute approximate surface area is 96.9 Å². The second-order valence-corrected chi connectivity index (χ2v) is 3.80. The number of rotatable bonds is 1. The maximum Gasteiger partial charge on any atom is 0.511 e. The molecule has 0 spiro atoms. The molecule has 5 heteroatoms. The van der Waals surface area contributed by atoms with Crippen molar-refractivity contribution in [3.05, 3.63) is 40.2 Å². The Morgan fingerprint density at radius 3 is 2.71 bits per heavy atom. The normalized spacial score (nSPS) is 10.5. The number of hydrogen-bond acceptors (Lipinski definition) is 3. The van der Waals surface area contributed by atoms with Crippen LogP contribution in [0.15, 0.2) is 29.1 Å². The first-order chi connectivity index (χ1) is 7.99. The predicted octanol–water partition coefficient (Wildman–Crippen LogP) is 1.90.